The number of Topliss-reactive ketones (excluding diaryl/α,β-unsaturated/α-hetero) is 1. The maximum atomic E-state index is 12.7. The van der Waals surface area contributed by atoms with Crippen molar-refractivity contribution >= 4 is 11.7 Å². The van der Waals surface area contributed by atoms with Gasteiger partial charge in [-0.25, -0.2) is 0 Å². The summed E-state index contributed by atoms with van der Waals surface area (Å²) in [5.74, 6) is 1.20. The largest absolute Gasteiger partial charge is 0.454 e. The highest BCUT2D eigenvalue weighted by atomic mass is 16.7. The van der Waals surface area contributed by atoms with Crippen LogP contribution in [0, 0.1) is 0 Å². The second-order valence-electron chi connectivity index (χ2n) is 6.65. The van der Waals surface area contributed by atoms with Crippen LogP contribution >= 0.6 is 0 Å². The number of amides is 1. The van der Waals surface area contributed by atoms with Gasteiger partial charge in [0.2, 0.25) is 12.7 Å². The van der Waals surface area contributed by atoms with Crippen LogP contribution in [-0.4, -0.2) is 80.8 Å². The summed E-state index contributed by atoms with van der Waals surface area (Å²) in [5, 5.41) is 6.15. The predicted molar refractivity (Wildman–Crippen MR) is 96.4 cm³/mol. The molecule has 1 aromatic rings. The normalized spacial score (nSPS) is 18.0. The standard InChI is InChI=1S/C18H26N4O4/c1-13(18(24)14-3-4-15-16(9-14)26-12-25-15)21(2)11-20-17(23)10-22-7-5-19-6-8-22/h3-4,9,13,19H,5-8,10-12H2,1-2H3,(H,20,23). The first-order chi connectivity index (χ1) is 12.5. The summed E-state index contributed by atoms with van der Waals surface area (Å²) in [6.45, 7) is 6.30. The Balaban J connectivity index is 1.48. The van der Waals surface area contributed by atoms with Gasteiger partial charge < -0.3 is 20.1 Å². The smallest absolute Gasteiger partial charge is 0.235 e. The van der Waals surface area contributed by atoms with Gasteiger partial charge in [-0.15, -0.1) is 0 Å². The third-order valence-corrected chi connectivity index (χ3v) is 4.80. The number of rotatable bonds is 7. The van der Waals surface area contributed by atoms with Crippen LogP contribution in [0.2, 0.25) is 0 Å². The van der Waals surface area contributed by atoms with E-state index >= 15 is 0 Å². The van der Waals surface area contributed by atoms with E-state index in [4.69, 9.17) is 9.47 Å². The number of ketones is 1. The van der Waals surface area contributed by atoms with Crippen LogP contribution in [0.15, 0.2) is 18.2 Å². The molecule has 26 heavy (non-hydrogen) atoms. The van der Waals surface area contributed by atoms with Crippen molar-refractivity contribution in [3.63, 3.8) is 0 Å². The van der Waals surface area contributed by atoms with E-state index in [0.29, 0.717) is 30.3 Å². The van der Waals surface area contributed by atoms with Gasteiger partial charge in [0, 0.05) is 31.7 Å². The molecule has 1 unspecified atom stereocenters. The van der Waals surface area contributed by atoms with E-state index in [0.717, 1.165) is 26.2 Å². The number of carbonyl (C=O) groups is 2. The lowest BCUT2D eigenvalue weighted by atomic mass is 10.0. The molecule has 1 fully saturated rings. The number of likely N-dealkylation sites (N-methyl/N-ethyl adjacent to an activating group) is 1. The highest BCUT2D eigenvalue weighted by molar-refractivity contribution is 6.00. The minimum atomic E-state index is -0.366. The van der Waals surface area contributed by atoms with Crippen LogP contribution in [0.5, 0.6) is 11.5 Å². The average Bonchev–Trinajstić information content (AvgIpc) is 3.13. The Morgan fingerprint density at radius 1 is 1.27 bits per heavy atom. The van der Waals surface area contributed by atoms with E-state index < -0.39 is 0 Å². The molecule has 1 aromatic carbocycles. The molecule has 0 saturated carbocycles. The van der Waals surface area contributed by atoms with Crippen molar-refractivity contribution in [2.75, 3.05) is 53.2 Å². The number of benzene rings is 1. The molecule has 3 rings (SSSR count). The topological polar surface area (TPSA) is 83.1 Å². The molecule has 142 valence electrons. The van der Waals surface area contributed by atoms with E-state index in [2.05, 4.69) is 15.5 Å². The van der Waals surface area contributed by atoms with E-state index in [9.17, 15) is 9.59 Å². The number of fused-ring (bicyclic) bond motifs is 1. The minimum absolute atomic E-state index is 0.0258. The molecule has 0 aromatic heterocycles. The number of hydrogen-bond donors (Lipinski definition) is 2. The fourth-order valence-electron chi connectivity index (χ4n) is 2.97. The van der Waals surface area contributed by atoms with Gasteiger partial charge in [0.15, 0.2) is 17.3 Å². The molecule has 2 aliphatic rings. The number of carbonyl (C=O) groups excluding carboxylic acids is 2. The van der Waals surface area contributed by atoms with Gasteiger partial charge in [0.1, 0.15) is 0 Å². The van der Waals surface area contributed by atoms with Crippen molar-refractivity contribution in [2.45, 2.75) is 13.0 Å². The molecule has 0 radical (unpaired) electrons. The monoisotopic (exact) mass is 362 g/mol. The van der Waals surface area contributed by atoms with Crippen molar-refractivity contribution in [3.05, 3.63) is 23.8 Å². The number of nitrogens with zero attached hydrogens (tertiary/aromatic N) is 2. The first-order valence-corrected chi connectivity index (χ1v) is 8.88. The molecule has 0 bridgehead atoms. The second-order valence-corrected chi connectivity index (χ2v) is 6.65. The van der Waals surface area contributed by atoms with Crippen LogP contribution in [0.25, 0.3) is 0 Å². The summed E-state index contributed by atoms with van der Waals surface area (Å²) in [6.07, 6.45) is 0. The van der Waals surface area contributed by atoms with Gasteiger partial charge in [-0.05, 0) is 32.2 Å². The first-order valence-electron chi connectivity index (χ1n) is 8.88. The summed E-state index contributed by atoms with van der Waals surface area (Å²) in [7, 11) is 1.82. The summed E-state index contributed by atoms with van der Waals surface area (Å²) in [6, 6.07) is 4.83. The molecule has 2 heterocycles. The SMILES string of the molecule is CC(C(=O)c1ccc2c(c1)OCO2)N(C)CNC(=O)CN1CCNCC1. The van der Waals surface area contributed by atoms with Crippen LogP contribution in [0.3, 0.4) is 0 Å². The number of ether oxygens (including phenoxy) is 2. The van der Waals surface area contributed by atoms with Crippen molar-refractivity contribution in [1.29, 1.82) is 0 Å². The molecule has 1 amide bonds. The van der Waals surface area contributed by atoms with Gasteiger partial charge in [0.25, 0.3) is 0 Å². The Morgan fingerprint density at radius 3 is 2.77 bits per heavy atom. The number of nitrogens with one attached hydrogen (secondary N) is 2. The zero-order valence-corrected chi connectivity index (χ0v) is 15.3. The summed E-state index contributed by atoms with van der Waals surface area (Å²) in [5.41, 5.74) is 0.570. The molecule has 1 saturated heterocycles. The third-order valence-electron chi connectivity index (χ3n) is 4.80. The summed E-state index contributed by atoms with van der Waals surface area (Å²) in [4.78, 5) is 28.7. The number of hydrogen-bond acceptors (Lipinski definition) is 7. The van der Waals surface area contributed by atoms with E-state index in [1.807, 2.05) is 18.9 Å². The van der Waals surface area contributed by atoms with Crippen molar-refractivity contribution in [3.8, 4) is 11.5 Å². The van der Waals surface area contributed by atoms with Crippen molar-refractivity contribution in [2.24, 2.45) is 0 Å². The van der Waals surface area contributed by atoms with Gasteiger partial charge in [-0.2, -0.15) is 0 Å². The molecule has 1 atom stereocenters. The van der Waals surface area contributed by atoms with E-state index in [-0.39, 0.29) is 24.5 Å². The fraction of sp³-hybridized carbons (Fsp3) is 0.556. The van der Waals surface area contributed by atoms with Crippen molar-refractivity contribution < 1.29 is 19.1 Å². The Hall–Kier alpha value is -2.16. The lowest BCUT2D eigenvalue weighted by Crippen LogP contribution is -2.49. The molecule has 0 aliphatic carbocycles. The van der Waals surface area contributed by atoms with Crippen LogP contribution in [-0.2, 0) is 4.79 Å². The molecular weight excluding hydrogens is 336 g/mol. The number of piperazine rings is 1. The van der Waals surface area contributed by atoms with Crippen LogP contribution in [0.1, 0.15) is 17.3 Å². The predicted octanol–water partition coefficient (Wildman–Crippen LogP) is -0.103. The Morgan fingerprint density at radius 2 is 2.00 bits per heavy atom. The highest BCUT2D eigenvalue weighted by Crippen LogP contribution is 2.32. The quantitative estimate of drug-likeness (QED) is 0.518. The van der Waals surface area contributed by atoms with Crippen molar-refractivity contribution in [1.82, 2.24) is 20.4 Å². The van der Waals surface area contributed by atoms with Gasteiger partial charge >= 0.3 is 0 Å². The minimum Gasteiger partial charge on any atom is -0.454 e. The Bertz CT molecular complexity index is 661. The molecule has 2 N–H and O–H groups in total. The Labute approximate surface area is 153 Å². The maximum Gasteiger partial charge on any atom is 0.235 e. The summed E-state index contributed by atoms with van der Waals surface area (Å²) < 4.78 is 10.6. The van der Waals surface area contributed by atoms with Crippen LogP contribution in [0.4, 0.5) is 0 Å². The second kappa shape index (κ2) is 8.48. The molecule has 8 nitrogen and oxygen atoms in total. The fourth-order valence-corrected chi connectivity index (χ4v) is 2.97. The van der Waals surface area contributed by atoms with Gasteiger partial charge in [-0.1, -0.05) is 0 Å². The van der Waals surface area contributed by atoms with Gasteiger partial charge in [0.05, 0.1) is 19.3 Å². The summed E-state index contributed by atoms with van der Waals surface area (Å²) >= 11 is 0. The Kier molecular flexibility index (Phi) is 6.08. The lowest BCUT2D eigenvalue weighted by molar-refractivity contribution is -0.123. The lowest BCUT2D eigenvalue weighted by Gasteiger charge is -2.28. The molecular formula is C18H26N4O4. The maximum absolute atomic E-state index is 12.7. The third kappa shape index (κ3) is 4.51. The van der Waals surface area contributed by atoms with E-state index in [1.165, 1.54) is 0 Å². The highest BCUT2D eigenvalue weighted by Gasteiger charge is 2.23. The van der Waals surface area contributed by atoms with Gasteiger partial charge in [-0.3, -0.25) is 19.4 Å². The van der Waals surface area contributed by atoms with E-state index in [1.54, 1.807) is 18.2 Å². The first kappa shape index (κ1) is 18.6. The van der Waals surface area contributed by atoms with Crippen LogP contribution < -0.4 is 20.1 Å². The zero-order chi connectivity index (χ0) is 18.5. The molecule has 0 spiro atoms. The molecule has 8 heteroatoms. The molecule has 2 aliphatic heterocycles. The average molecular weight is 362 g/mol. The zero-order valence-electron chi connectivity index (χ0n) is 15.3.